The molecule has 16 heavy (non-hydrogen) atoms. The fraction of sp³-hybridized carbons (Fsp3) is 0.500. The maximum atomic E-state index is 11.9. The summed E-state index contributed by atoms with van der Waals surface area (Å²) in [7, 11) is 0. The molecule has 0 amide bonds. The van der Waals surface area contributed by atoms with Crippen LogP contribution in [0.3, 0.4) is 0 Å². The van der Waals surface area contributed by atoms with Crippen LogP contribution in [-0.2, 0) is 0 Å². The van der Waals surface area contributed by atoms with Crippen molar-refractivity contribution in [2.45, 2.75) is 40.7 Å². The van der Waals surface area contributed by atoms with Gasteiger partial charge in [0.1, 0.15) is 5.75 Å². The first kappa shape index (κ1) is 12.8. The van der Waals surface area contributed by atoms with E-state index in [1.54, 1.807) is 0 Å². The Morgan fingerprint density at radius 1 is 1.19 bits per heavy atom. The topological polar surface area (TPSA) is 26.3 Å². The monoisotopic (exact) mass is 220 g/mol. The second-order valence-electron chi connectivity index (χ2n) is 4.66. The lowest BCUT2D eigenvalue weighted by Crippen LogP contribution is -2.11. The van der Waals surface area contributed by atoms with Gasteiger partial charge in [0.25, 0.3) is 0 Å². The molecule has 0 aliphatic rings. The summed E-state index contributed by atoms with van der Waals surface area (Å²) < 4.78 is 5.59. The Hall–Kier alpha value is -1.31. The van der Waals surface area contributed by atoms with Crippen molar-refractivity contribution in [3.05, 3.63) is 29.3 Å². The number of carbonyl (C=O) groups excluding carboxylic acids is 1. The first-order valence-corrected chi connectivity index (χ1v) is 5.73. The van der Waals surface area contributed by atoms with Crippen LogP contribution in [-0.4, -0.2) is 11.9 Å². The van der Waals surface area contributed by atoms with Gasteiger partial charge < -0.3 is 4.74 Å². The summed E-state index contributed by atoms with van der Waals surface area (Å²) in [4.78, 5) is 11.9. The summed E-state index contributed by atoms with van der Waals surface area (Å²) in [6.07, 6.45) is 0.129. The van der Waals surface area contributed by atoms with Crippen molar-refractivity contribution >= 4 is 5.78 Å². The molecule has 1 rings (SSSR count). The Morgan fingerprint density at radius 2 is 1.81 bits per heavy atom. The van der Waals surface area contributed by atoms with Crippen LogP contribution in [0.25, 0.3) is 0 Å². The summed E-state index contributed by atoms with van der Waals surface area (Å²) in [5.41, 5.74) is 1.78. The molecule has 0 fully saturated rings. The molecule has 0 aromatic heterocycles. The molecule has 0 saturated heterocycles. The van der Waals surface area contributed by atoms with E-state index in [-0.39, 0.29) is 17.8 Å². The van der Waals surface area contributed by atoms with E-state index in [2.05, 4.69) is 0 Å². The van der Waals surface area contributed by atoms with Gasteiger partial charge in [-0.1, -0.05) is 19.9 Å². The quantitative estimate of drug-likeness (QED) is 0.724. The highest BCUT2D eigenvalue weighted by Gasteiger charge is 2.14. The SMILES string of the molecule is Cc1ccc(OC(C)C)cc1C(=O)C(C)C. The maximum absolute atomic E-state index is 11.9. The van der Waals surface area contributed by atoms with Gasteiger partial charge in [-0.05, 0) is 38.5 Å². The summed E-state index contributed by atoms with van der Waals surface area (Å²) in [5.74, 6) is 0.962. The largest absolute Gasteiger partial charge is 0.491 e. The van der Waals surface area contributed by atoms with Gasteiger partial charge >= 0.3 is 0 Å². The number of rotatable bonds is 4. The molecule has 0 unspecified atom stereocenters. The Balaban J connectivity index is 3.04. The van der Waals surface area contributed by atoms with E-state index in [0.717, 1.165) is 16.9 Å². The van der Waals surface area contributed by atoms with Gasteiger partial charge in [-0.2, -0.15) is 0 Å². The lowest BCUT2D eigenvalue weighted by atomic mass is 9.97. The second-order valence-corrected chi connectivity index (χ2v) is 4.66. The Morgan fingerprint density at radius 3 is 2.31 bits per heavy atom. The highest BCUT2D eigenvalue weighted by atomic mass is 16.5. The van der Waals surface area contributed by atoms with Crippen LogP contribution in [0.4, 0.5) is 0 Å². The molecule has 0 saturated carbocycles. The Kier molecular flexibility index (Phi) is 4.11. The number of aryl methyl sites for hydroxylation is 1. The zero-order valence-electron chi connectivity index (χ0n) is 10.7. The molecule has 1 aromatic rings. The smallest absolute Gasteiger partial charge is 0.165 e. The van der Waals surface area contributed by atoms with Crippen LogP contribution in [0.2, 0.25) is 0 Å². The molecule has 1 aromatic carbocycles. The maximum Gasteiger partial charge on any atom is 0.165 e. The molecule has 0 bridgehead atoms. The van der Waals surface area contributed by atoms with Crippen molar-refractivity contribution in [3.8, 4) is 5.75 Å². The van der Waals surface area contributed by atoms with Gasteiger partial charge in [0.2, 0.25) is 0 Å². The normalized spacial score (nSPS) is 10.9. The van der Waals surface area contributed by atoms with Crippen molar-refractivity contribution in [1.82, 2.24) is 0 Å². The molecule has 0 spiro atoms. The molecule has 2 heteroatoms. The highest BCUT2D eigenvalue weighted by Crippen LogP contribution is 2.21. The van der Waals surface area contributed by atoms with Crippen molar-refractivity contribution in [3.63, 3.8) is 0 Å². The third-order valence-electron chi connectivity index (χ3n) is 2.37. The summed E-state index contributed by atoms with van der Waals surface area (Å²) in [6, 6.07) is 5.69. The fourth-order valence-corrected chi connectivity index (χ4v) is 1.52. The van der Waals surface area contributed by atoms with Gasteiger partial charge in [-0.25, -0.2) is 0 Å². The molecule has 0 aliphatic carbocycles. The van der Waals surface area contributed by atoms with E-state index in [1.807, 2.05) is 52.8 Å². The second kappa shape index (κ2) is 5.15. The number of benzene rings is 1. The molecule has 0 N–H and O–H groups in total. The predicted octanol–water partition coefficient (Wildman–Crippen LogP) is 3.62. The summed E-state index contributed by atoms with van der Waals surface area (Å²) in [6.45, 7) is 9.73. The molecule has 2 nitrogen and oxygen atoms in total. The number of carbonyl (C=O) groups is 1. The lowest BCUT2D eigenvalue weighted by molar-refractivity contribution is 0.0938. The van der Waals surface area contributed by atoms with Crippen LogP contribution >= 0.6 is 0 Å². The van der Waals surface area contributed by atoms with E-state index < -0.39 is 0 Å². The van der Waals surface area contributed by atoms with Gasteiger partial charge in [-0.3, -0.25) is 4.79 Å². The van der Waals surface area contributed by atoms with Gasteiger partial charge in [0.15, 0.2) is 5.78 Å². The molecule has 0 heterocycles. The van der Waals surface area contributed by atoms with Crippen LogP contribution in [0.5, 0.6) is 5.75 Å². The van der Waals surface area contributed by atoms with E-state index in [1.165, 1.54) is 0 Å². The number of ketones is 1. The Labute approximate surface area is 97.6 Å². The molecular formula is C14H20O2. The van der Waals surface area contributed by atoms with Crippen molar-refractivity contribution in [2.24, 2.45) is 5.92 Å². The molecule has 88 valence electrons. The molecule has 0 atom stereocenters. The average molecular weight is 220 g/mol. The van der Waals surface area contributed by atoms with Gasteiger partial charge in [-0.15, -0.1) is 0 Å². The van der Waals surface area contributed by atoms with E-state index in [4.69, 9.17) is 4.74 Å². The summed E-state index contributed by atoms with van der Waals surface area (Å²) >= 11 is 0. The van der Waals surface area contributed by atoms with Crippen LogP contribution < -0.4 is 4.74 Å². The Bertz CT molecular complexity index is 378. The van der Waals surface area contributed by atoms with E-state index in [0.29, 0.717) is 0 Å². The van der Waals surface area contributed by atoms with Crippen molar-refractivity contribution in [2.75, 3.05) is 0 Å². The minimum absolute atomic E-state index is 0.0213. The third kappa shape index (κ3) is 3.09. The number of hydrogen-bond donors (Lipinski definition) is 0. The molecule has 0 radical (unpaired) electrons. The first-order valence-electron chi connectivity index (χ1n) is 5.73. The average Bonchev–Trinajstić information content (AvgIpc) is 2.19. The number of Topliss-reactive ketones (excluding diaryl/α,β-unsaturated/α-hetero) is 1. The summed E-state index contributed by atoms with van der Waals surface area (Å²) in [5, 5.41) is 0. The van der Waals surface area contributed by atoms with E-state index >= 15 is 0 Å². The number of ether oxygens (including phenoxy) is 1. The van der Waals surface area contributed by atoms with Gasteiger partial charge in [0, 0.05) is 11.5 Å². The minimum Gasteiger partial charge on any atom is -0.491 e. The standard InChI is InChI=1S/C14H20O2/c1-9(2)14(15)13-8-12(16-10(3)4)7-6-11(13)5/h6-10H,1-5H3. The van der Waals surface area contributed by atoms with Crippen LogP contribution in [0, 0.1) is 12.8 Å². The highest BCUT2D eigenvalue weighted by molar-refractivity contribution is 5.99. The predicted molar refractivity (Wildman–Crippen MR) is 66.1 cm³/mol. The minimum atomic E-state index is 0.0213. The fourth-order valence-electron chi connectivity index (χ4n) is 1.52. The number of hydrogen-bond acceptors (Lipinski definition) is 2. The third-order valence-corrected chi connectivity index (χ3v) is 2.37. The van der Waals surface area contributed by atoms with E-state index in [9.17, 15) is 4.79 Å². The van der Waals surface area contributed by atoms with Crippen LogP contribution in [0.15, 0.2) is 18.2 Å². The van der Waals surface area contributed by atoms with Crippen molar-refractivity contribution < 1.29 is 9.53 Å². The van der Waals surface area contributed by atoms with Crippen LogP contribution in [0.1, 0.15) is 43.6 Å². The van der Waals surface area contributed by atoms with Gasteiger partial charge in [0.05, 0.1) is 6.10 Å². The lowest BCUT2D eigenvalue weighted by Gasteiger charge is -2.13. The molecular weight excluding hydrogens is 200 g/mol. The zero-order valence-corrected chi connectivity index (χ0v) is 10.7. The zero-order chi connectivity index (χ0) is 12.3. The molecule has 0 aliphatic heterocycles. The van der Waals surface area contributed by atoms with Crippen molar-refractivity contribution in [1.29, 1.82) is 0 Å². The first-order chi connectivity index (χ1) is 7.41.